The fraction of sp³-hybridized carbons (Fsp3) is 0.938. The lowest BCUT2D eigenvalue weighted by Gasteiger charge is -2.50. The van der Waals surface area contributed by atoms with Crippen LogP contribution >= 0.6 is 0 Å². The van der Waals surface area contributed by atoms with E-state index >= 15 is 0 Å². The van der Waals surface area contributed by atoms with E-state index in [2.05, 4.69) is 0 Å². The predicted octanol–water partition coefficient (Wildman–Crippen LogP) is 2.67. The van der Waals surface area contributed by atoms with Crippen LogP contribution < -0.4 is 0 Å². The number of hydrogen-bond acceptors (Lipinski definition) is 11. The first-order valence-corrected chi connectivity index (χ1v) is 15.7. The summed E-state index contributed by atoms with van der Waals surface area (Å²) in [7, 11) is 2.88. The Morgan fingerprint density at radius 2 is 1.58 bits per heavy atom. The maximum absolute atomic E-state index is 13.8. The number of aliphatic hydroxyl groups is 5. The van der Waals surface area contributed by atoms with E-state index < -0.39 is 89.2 Å². The lowest BCUT2D eigenvalue weighted by atomic mass is 9.64. The van der Waals surface area contributed by atoms with E-state index in [1.807, 2.05) is 20.8 Å². The molecule has 6 N–H and O–H groups in total. The summed E-state index contributed by atoms with van der Waals surface area (Å²) in [4.78, 5) is 13.8. The zero-order chi connectivity index (χ0) is 33.2. The van der Waals surface area contributed by atoms with Crippen molar-refractivity contribution in [2.75, 3.05) is 14.2 Å². The summed E-state index contributed by atoms with van der Waals surface area (Å²) in [5.74, 6) is -4.19. The van der Waals surface area contributed by atoms with Crippen molar-refractivity contribution in [3.8, 4) is 0 Å². The summed E-state index contributed by atoms with van der Waals surface area (Å²) >= 11 is 0. The second-order valence-electron chi connectivity index (χ2n) is 14.0. The van der Waals surface area contributed by atoms with E-state index in [1.54, 1.807) is 34.6 Å². The second kappa shape index (κ2) is 14.5. The van der Waals surface area contributed by atoms with Gasteiger partial charge in [0.1, 0.15) is 17.8 Å². The number of cyclic esters (lactones) is 1. The number of ether oxygens (including phenoxy) is 4. The Morgan fingerprint density at radius 3 is 2.09 bits per heavy atom. The quantitative estimate of drug-likeness (QED) is 0.192. The molecule has 0 aromatic carbocycles. The molecule has 0 amide bonds. The molecule has 15 atom stereocenters. The van der Waals surface area contributed by atoms with Crippen LogP contribution in [0.15, 0.2) is 0 Å². The smallest absolute Gasteiger partial charge is 0.309 e. The topological polar surface area (TPSA) is 179 Å². The highest BCUT2D eigenvalue weighted by atomic mass is 16.6. The average molecular weight is 618 g/mol. The number of carbonyl (C=O) groups excluding carboxylic acids is 1. The van der Waals surface area contributed by atoms with Crippen LogP contribution in [-0.2, 0) is 23.7 Å². The molecule has 0 aromatic heterocycles. The van der Waals surface area contributed by atoms with Crippen molar-refractivity contribution in [2.45, 2.75) is 142 Å². The fourth-order valence-electron chi connectivity index (χ4n) is 7.47. The predicted molar refractivity (Wildman–Crippen MR) is 161 cm³/mol. The molecule has 2 unspecified atom stereocenters. The number of rotatable bonds is 6. The van der Waals surface area contributed by atoms with Gasteiger partial charge in [0, 0.05) is 50.5 Å². The molecule has 2 aliphatic heterocycles. The molecule has 2 fully saturated rings. The van der Waals surface area contributed by atoms with Gasteiger partial charge >= 0.3 is 5.97 Å². The normalized spacial score (nSPS) is 48.3. The van der Waals surface area contributed by atoms with E-state index in [-0.39, 0.29) is 37.3 Å². The van der Waals surface area contributed by atoms with E-state index in [0.29, 0.717) is 0 Å². The highest BCUT2D eigenvalue weighted by molar-refractivity contribution is 5.86. The van der Waals surface area contributed by atoms with Crippen molar-refractivity contribution < 1.29 is 49.3 Å². The van der Waals surface area contributed by atoms with Crippen molar-refractivity contribution in [1.82, 2.24) is 0 Å². The van der Waals surface area contributed by atoms with Crippen LogP contribution in [0.1, 0.15) is 88.0 Å². The van der Waals surface area contributed by atoms with Gasteiger partial charge in [0.05, 0.1) is 35.4 Å². The summed E-state index contributed by atoms with van der Waals surface area (Å²) in [6.45, 7) is 15.6. The summed E-state index contributed by atoms with van der Waals surface area (Å²) in [6, 6.07) is 0. The zero-order valence-corrected chi connectivity index (χ0v) is 28.0. The summed E-state index contributed by atoms with van der Waals surface area (Å²) < 4.78 is 23.1. The summed E-state index contributed by atoms with van der Waals surface area (Å²) in [5.41, 5.74) is -4.20. The third-order valence-electron chi connectivity index (χ3n) is 11.0. The molecule has 2 aliphatic rings. The Morgan fingerprint density at radius 1 is 1.00 bits per heavy atom. The molecule has 2 heterocycles. The Kier molecular flexibility index (Phi) is 12.8. The van der Waals surface area contributed by atoms with Crippen molar-refractivity contribution in [3.63, 3.8) is 0 Å². The average Bonchev–Trinajstić information content (AvgIpc) is 2.95. The minimum atomic E-state index is -1.91. The van der Waals surface area contributed by atoms with Gasteiger partial charge in [-0.05, 0) is 52.4 Å². The molecule has 0 radical (unpaired) electrons. The third-order valence-corrected chi connectivity index (χ3v) is 11.0. The molecule has 11 heteroatoms. The number of aliphatic hydroxyl groups excluding tert-OH is 3. The first kappa shape index (κ1) is 38.0. The lowest BCUT2D eigenvalue weighted by Crippen LogP contribution is -2.60. The largest absolute Gasteiger partial charge is 0.459 e. The van der Waals surface area contributed by atoms with Crippen LogP contribution in [0.4, 0.5) is 0 Å². The number of nitrogens with one attached hydrogen (secondary N) is 1. The van der Waals surface area contributed by atoms with E-state index in [1.165, 1.54) is 21.1 Å². The van der Waals surface area contributed by atoms with Crippen molar-refractivity contribution in [1.29, 1.82) is 5.41 Å². The fourth-order valence-corrected chi connectivity index (χ4v) is 7.47. The van der Waals surface area contributed by atoms with E-state index in [0.717, 1.165) is 0 Å². The van der Waals surface area contributed by atoms with Gasteiger partial charge in [-0.2, -0.15) is 0 Å². The maximum atomic E-state index is 13.8. The molecule has 252 valence electrons. The van der Waals surface area contributed by atoms with Gasteiger partial charge < -0.3 is 49.9 Å². The van der Waals surface area contributed by atoms with Gasteiger partial charge in [0.2, 0.25) is 0 Å². The monoisotopic (exact) mass is 617 g/mol. The molecule has 0 aliphatic carbocycles. The Hall–Kier alpha value is -1.18. The van der Waals surface area contributed by atoms with Gasteiger partial charge in [-0.1, -0.05) is 34.6 Å². The van der Waals surface area contributed by atoms with Gasteiger partial charge in [-0.25, -0.2) is 0 Å². The molecule has 2 saturated heterocycles. The van der Waals surface area contributed by atoms with Gasteiger partial charge in [-0.15, -0.1) is 0 Å². The molecule has 11 nitrogen and oxygen atoms in total. The van der Waals surface area contributed by atoms with Gasteiger partial charge in [-0.3, -0.25) is 4.79 Å². The molecular weight excluding hydrogens is 558 g/mol. The maximum Gasteiger partial charge on any atom is 0.309 e. The van der Waals surface area contributed by atoms with Crippen LogP contribution in [0.2, 0.25) is 0 Å². The van der Waals surface area contributed by atoms with Crippen LogP contribution in [0, 0.1) is 40.9 Å². The van der Waals surface area contributed by atoms with Crippen molar-refractivity contribution in [2.24, 2.45) is 35.5 Å². The molecule has 0 saturated carbocycles. The van der Waals surface area contributed by atoms with Crippen molar-refractivity contribution in [3.05, 3.63) is 0 Å². The lowest BCUT2D eigenvalue weighted by molar-refractivity contribution is -0.236. The Bertz CT molecular complexity index is 943. The van der Waals surface area contributed by atoms with Gasteiger partial charge in [0.15, 0.2) is 6.29 Å². The second-order valence-corrected chi connectivity index (χ2v) is 14.0. The molecular formula is C32H59NO10. The molecule has 2 rings (SSSR count). The standard InChI is InChI=1S/C32H59NO10/c1-12-23-32(9,39)27(35)18(4)26(33)21(13-24(34)40-10)14-30(7,38)19(5)16(2)25(17(3)29(37)43-23)22-15-31(8,41-11)28(36)20(6)42-22/h16-25,27-28,33-36,38-39H,12-15H2,1-11H3/t16-,17-,18+,19-,20+,21-,22?,23-,24?,25+,27-,28+,30-,31-,32-/m1/s1. The third kappa shape index (κ3) is 7.98. The summed E-state index contributed by atoms with van der Waals surface area (Å²) in [5, 5.41) is 65.2. The Balaban J connectivity index is 2.71. The first-order chi connectivity index (χ1) is 19.7. The van der Waals surface area contributed by atoms with Crippen LogP contribution in [0.3, 0.4) is 0 Å². The number of hydrogen-bond donors (Lipinski definition) is 6. The number of esters is 1. The zero-order valence-electron chi connectivity index (χ0n) is 28.0. The minimum Gasteiger partial charge on any atom is -0.459 e. The molecule has 0 aromatic rings. The number of methoxy groups -OCH3 is 2. The van der Waals surface area contributed by atoms with Crippen molar-refractivity contribution >= 4 is 11.7 Å². The first-order valence-electron chi connectivity index (χ1n) is 15.7. The summed E-state index contributed by atoms with van der Waals surface area (Å²) in [6.07, 6.45) is -5.24. The molecule has 0 spiro atoms. The highest BCUT2D eigenvalue weighted by Crippen LogP contribution is 2.45. The van der Waals surface area contributed by atoms with Gasteiger partial charge in [0.25, 0.3) is 0 Å². The van der Waals surface area contributed by atoms with Crippen LogP contribution in [-0.4, -0.2) is 105 Å². The molecule has 43 heavy (non-hydrogen) atoms. The Labute approximate surface area is 257 Å². The van der Waals surface area contributed by atoms with E-state index in [4.69, 9.17) is 24.4 Å². The highest BCUT2D eigenvalue weighted by Gasteiger charge is 2.53. The van der Waals surface area contributed by atoms with Crippen LogP contribution in [0.5, 0.6) is 0 Å². The van der Waals surface area contributed by atoms with E-state index in [9.17, 15) is 30.3 Å². The minimum absolute atomic E-state index is 0.00510. The SMILES string of the molecule is CC[C@H]1OC(=O)[C@H](C)[C@@H](C2C[C@@](C)(OC)[C@@H](O)[C@H](C)O2)[C@H](C)[C@@H](C)[C@](C)(O)C[C@@H](CC(O)OC)C(=N)[C@H](C)[C@@H](O)[C@]1(C)O. The number of carbonyl (C=O) groups is 1. The molecule has 0 bridgehead atoms. The van der Waals surface area contributed by atoms with Crippen LogP contribution in [0.25, 0.3) is 0 Å².